The van der Waals surface area contributed by atoms with Gasteiger partial charge in [0.1, 0.15) is 11.6 Å². The summed E-state index contributed by atoms with van der Waals surface area (Å²) >= 11 is 0. The van der Waals surface area contributed by atoms with Gasteiger partial charge in [-0.3, -0.25) is 19.0 Å². The lowest BCUT2D eigenvalue weighted by Gasteiger charge is -2.10. The van der Waals surface area contributed by atoms with Crippen molar-refractivity contribution in [2.45, 2.75) is 19.2 Å². The molecule has 0 bridgehead atoms. The third-order valence-electron chi connectivity index (χ3n) is 4.36. The van der Waals surface area contributed by atoms with Gasteiger partial charge < -0.3 is 14.8 Å². The van der Waals surface area contributed by atoms with E-state index in [2.05, 4.69) is 15.0 Å². The van der Waals surface area contributed by atoms with E-state index in [1.165, 1.54) is 16.7 Å². The van der Waals surface area contributed by atoms with Crippen LogP contribution in [0.2, 0.25) is 0 Å². The molecule has 0 aliphatic heterocycles. The highest BCUT2D eigenvalue weighted by molar-refractivity contribution is 5.92. The van der Waals surface area contributed by atoms with Crippen LogP contribution in [0.1, 0.15) is 12.2 Å². The summed E-state index contributed by atoms with van der Waals surface area (Å²) in [5.74, 6) is -1.37. The van der Waals surface area contributed by atoms with Crippen LogP contribution in [0.25, 0.3) is 10.9 Å². The number of anilines is 1. The predicted octanol–water partition coefficient (Wildman–Crippen LogP) is 2.95. The number of hydrogen-bond acceptors (Lipinski definition) is 6. The summed E-state index contributed by atoms with van der Waals surface area (Å²) in [4.78, 5) is 40.6. The number of aromatic nitrogens is 2. The third-order valence-corrected chi connectivity index (χ3v) is 4.36. The van der Waals surface area contributed by atoms with Crippen molar-refractivity contribution in [1.82, 2.24) is 9.55 Å². The van der Waals surface area contributed by atoms with E-state index >= 15 is 0 Å². The Labute approximate surface area is 179 Å². The van der Waals surface area contributed by atoms with Crippen LogP contribution < -0.4 is 15.6 Å². The van der Waals surface area contributed by atoms with Crippen LogP contribution >= 0.6 is 0 Å². The highest BCUT2D eigenvalue weighted by Crippen LogP contribution is 2.23. The van der Waals surface area contributed by atoms with Gasteiger partial charge in [0, 0.05) is 19.2 Å². The van der Waals surface area contributed by atoms with Gasteiger partial charge in [0.2, 0.25) is 0 Å². The van der Waals surface area contributed by atoms with Crippen LogP contribution in [0.3, 0.4) is 0 Å². The topological polar surface area (TPSA) is 99.5 Å². The van der Waals surface area contributed by atoms with Crippen molar-refractivity contribution in [1.29, 1.82) is 0 Å². The molecule has 1 aromatic heterocycles. The zero-order valence-corrected chi connectivity index (χ0v) is 16.8. The van der Waals surface area contributed by atoms with E-state index in [0.29, 0.717) is 16.7 Å². The second-order valence-corrected chi connectivity index (χ2v) is 6.69. The first-order chi connectivity index (χ1) is 15.1. The minimum absolute atomic E-state index is 0.102. The lowest BCUT2D eigenvalue weighted by atomic mass is 10.2. The van der Waals surface area contributed by atoms with Gasteiger partial charge in [-0.25, -0.2) is 4.98 Å². The molecule has 11 heteroatoms. The number of fused-ring (bicyclic) bond motifs is 1. The number of nitrogens with one attached hydrogen (secondary N) is 1. The number of rotatable bonds is 7. The van der Waals surface area contributed by atoms with Gasteiger partial charge in [0.15, 0.2) is 6.61 Å². The Kier molecular flexibility index (Phi) is 6.76. The maximum atomic E-state index is 12.4. The lowest BCUT2D eigenvalue weighted by molar-refractivity contribution is -0.274. The summed E-state index contributed by atoms with van der Waals surface area (Å²) in [6.45, 7) is -0.580. The standard InChI is InChI=1S/C21H18F3N3O5/c1-27-17(26-16-5-3-2-4-15(16)20(27)30)10-11-19(29)31-12-18(28)25-13-6-8-14(9-7-13)32-21(22,23)24/h2-9H,10-12H2,1H3,(H,25,28). The Morgan fingerprint density at radius 3 is 2.47 bits per heavy atom. The Morgan fingerprint density at radius 1 is 1.09 bits per heavy atom. The highest BCUT2D eigenvalue weighted by atomic mass is 19.4. The van der Waals surface area contributed by atoms with Crippen molar-refractivity contribution in [2.24, 2.45) is 7.05 Å². The smallest absolute Gasteiger partial charge is 0.456 e. The maximum absolute atomic E-state index is 12.4. The van der Waals surface area contributed by atoms with Gasteiger partial charge in [-0.2, -0.15) is 0 Å². The first-order valence-corrected chi connectivity index (χ1v) is 9.38. The fraction of sp³-hybridized carbons (Fsp3) is 0.238. The van der Waals surface area contributed by atoms with Crippen molar-refractivity contribution >= 4 is 28.5 Å². The Hall–Kier alpha value is -3.89. The number of ether oxygens (including phenoxy) is 2. The number of halogens is 3. The van der Waals surface area contributed by atoms with E-state index in [4.69, 9.17) is 4.74 Å². The zero-order valence-electron chi connectivity index (χ0n) is 16.8. The molecule has 168 valence electrons. The van der Waals surface area contributed by atoms with E-state index in [1.54, 1.807) is 31.3 Å². The summed E-state index contributed by atoms with van der Waals surface area (Å²) in [6.07, 6.45) is -4.78. The number of para-hydroxylation sites is 1. The summed E-state index contributed by atoms with van der Waals surface area (Å²) in [5, 5.41) is 2.86. The van der Waals surface area contributed by atoms with Crippen molar-refractivity contribution in [2.75, 3.05) is 11.9 Å². The molecule has 0 saturated carbocycles. The zero-order chi connectivity index (χ0) is 23.3. The molecule has 1 N–H and O–H groups in total. The molecule has 2 aromatic carbocycles. The van der Waals surface area contributed by atoms with Crippen molar-refractivity contribution < 1.29 is 32.2 Å². The van der Waals surface area contributed by atoms with Gasteiger partial charge in [-0.05, 0) is 36.4 Å². The fourth-order valence-corrected chi connectivity index (χ4v) is 2.86. The minimum Gasteiger partial charge on any atom is -0.456 e. The second-order valence-electron chi connectivity index (χ2n) is 6.69. The van der Waals surface area contributed by atoms with Gasteiger partial charge >= 0.3 is 12.3 Å². The number of benzene rings is 2. The van der Waals surface area contributed by atoms with Gasteiger partial charge in [-0.15, -0.1) is 13.2 Å². The second kappa shape index (κ2) is 9.50. The number of nitrogens with zero attached hydrogens (tertiary/aromatic N) is 2. The van der Waals surface area contributed by atoms with E-state index in [-0.39, 0.29) is 24.1 Å². The van der Waals surface area contributed by atoms with Crippen molar-refractivity contribution in [3.63, 3.8) is 0 Å². The average molecular weight is 449 g/mol. The molecule has 0 saturated heterocycles. The number of hydrogen-bond donors (Lipinski definition) is 1. The Bertz CT molecular complexity index is 1190. The van der Waals surface area contributed by atoms with E-state index < -0.39 is 30.6 Å². The molecule has 0 unspecified atom stereocenters. The fourth-order valence-electron chi connectivity index (χ4n) is 2.86. The van der Waals surface area contributed by atoms with Crippen LogP contribution in [0.4, 0.5) is 18.9 Å². The first kappa shape index (κ1) is 22.8. The molecule has 1 amide bonds. The monoisotopic (exact) mass is 449 g/mol. The average Bonchev–Trinajstić information content (AvgIpc) is 2.74. The highest BCUT2D eigenvalue weighted by Gasteiger charge is 2.31. The van der Waals surface area contributed by atoms with E-state index in [1.807, 2.05) is 0 Å². The largest absolute Gasteiger partial charge is 0.573 e. The quantitative estimate of drug-likeness (QED) is 0.557. The molecule has 8 nitrogen and oxygen atoms in total. The normalized spacial score (nSPS) is 11.2. The van der Waals surface area contributed by atoms with Crippen LogP contribution in [-0.2, 0) is 27.8 Å². The van der Waals surface area contributed by atoms with Gasteiger partial charge in [-0.1, -0.05) is 12.1 Å². The number of amides is 1. The molecule has 1 heterocycles. The number of aryl methyl sites for hydroxylation is 1. The first-order valence-electron chi connectivity index (χ1n) is 9.38. The number of carbonyl (C=O) groups is 2. The number of esters is 1. The molecule has 0 spiro atoms. The summed E-state index contributed by atoms with van der Waals surface area (Å²) in [7, 11) is 1.56. The number of alkyl halides is 3. The predicted molar refractivity (Wildman–Crippen MR) is 108 cm³/mol. The molecule has 0 atom stereocenters. The minimum atomic E-state index is -4.81. The van der Waals surface area contributed by atoms with Gasteiger partial charge in [0.25, 0.3) is 11.5 Å². The molecule has 0 aliphatic rings. The SMILES string of the molecule is Cn1c(CCC(=O)OCC(=O)Nc2ccc(OC(F)(F)F)cc2)nc2ccccc2c1=O. The van der Waals surface area contributed by atoms with Crippen LogP contribution in [0, 0.1) is 0 Å². The van der Waals surface area contributed by atoms with Gasteiger partial charge in [0.05, 0.1) is 17.3 Å². The molecular weight excluding hydrogens is 431 g/mol. The van der Waals surface area contributed by atoms with E-state index in [0.717, 1.165) is 12.1 Å². The summed E-state index contributed by atoms with van der Waals surface area (Å²) in [6, 6.07) is 11.4. The van der Waals surface area contributed by atoms with E-state index in [9.17, 15) is 27.6 Å². The maximum Gasteiger partial charge on any atom is 0.573 e. The van der Waals surface area contributed by atoms with Crippen molar-refractivity contribution in [3.05, 3.63) is 64.7 Å². The van der Waals surface area contributed by atoms with Crippen LogP contribution in [-0.4, -0.2) is 34.4 Å². The molecule has 0 fully saturated rings. The summed E-state index contributed by atoms with van der Waals surface area (Å²) in [5.41, 5.74) is 0.492. The lowest BCUT2D eigenvalue weighted by Crippen LogP contribution is -2.24. The molecule has 32 heavy (non-hydrogen) atoms. The molecule has 3 rings (SSSR count). The molecule has 3 aromatic rings. The Morgan fingerprint density at radius 2 is 1.78 bits per heavy atom. The third kappa shape index (κ3) is 6.06. The number of carbonyl (C=O) groups excluding carboxylic acids is 2. The van der Waals surface area contributed by atoms with Crippen molar-refractivity contribution in [3.8, 4) is 5.75 Å². The Balaban J connectivity index is 1.49. The van der Waals surface area contributed by atoms with Crippen LogP contribution in [0.5, 0.6) is 5.75 Å². The molecule has 0 aliphatic carbocycles. The summed E-state index contributed by atoms with van der Waals surface area (Å²) < 4.78 is 46.4. The molecular formula is C21H18F3N3O5. The molecule has 0 radical (unpaired) electrons. The van der Waals surface area contributed by atoms with Crippen LogP contribution in [0.15, 0.2) is 53.3 Å².